The number of hydrogen-bond acceptors (Lipinski definition) is 5. The summed E-state index contributed by atoms with van der Waals surface area (Å²) in [4.78, 5) is 26.1. The van der Waals surface area contributed by atoms with Crippen molar-refractivity contribution in [1.29, 1.82) is 0 Å². The first-order valence-electron chi connectivity index (χ1n) is 9.34. The molecule has 7 heteroatoms. The van der Waals surface area contributed by atoms with Crippen molar-refractivity contribution in [2.75, 3.05) is 20.8 Å². The summed E-state index contributed by atoms with van der Waals surface area (Å²) >= 11 is 12.5. The maximum Gasteiger partial charge on any atom is 0.204 e. The van der Waals surface area contributed by atoms with E-state index in [1.165, 1.54) is 14.2 Å². The molecule has 3 aromatic rings. The van der Waals surface area contributed by atoms with Crippen LogP contribution in [0.4, 0.5) is 0 Å². The van der Waals surface area contributed by atoms with Gasteiger partial charge in [-0.05, 0) is 30.7 Å². The Hall–Kier alpha value is -3.02. The molecule has 3 rings (SSSR count). The fraction of sp³-hybridized carbons (Fsp3) is 0.167. The Morgan fingerprint density at radius 1 is 0.839 bits per heavy atom. The number of methoxy groups -OCH3 is 2. The van der Waals surface area contributed by atoms with Gasteiger partial charge in [-0.2, -0.15) is 0 Å². The van der Waals surface area contributed by atoms with Gasteiger partial charge in [0.15, 0.2) is 29.7 Å². The number of carbonyl (C=O) groups is 2. The van der Waals surface area contributed by atoms with E-state index in [1.54, 1.807) is 55.5 Å². The van der Waals surface area contributed by atoms with Gasteiger partial charge in [-0.15, -0.1) is 0 Å². The largest absolute Gasteiger partial charge is 0.493 e. The quantitative estimate of drug-likeness (QED) is 0.398. The molecule has 160 valence electrons. The smallest absolute Gasteiger partial charge is 0.204 e. The van der Waals surface area contributed by atoms with E-state index in [9.17, 15) is 9.59 Å². The minimum atomic E-state index is -0.448. The lowest BCUT2D eigenvalue weighted by atomic mass is 9.96. The molecule has 0 radical (unpaired) electrons. The number of hydrogen-bond donors (Lipinski definition) is 0. The fourth-order valence-corrected chi connectivity index (χ4v) is 3.76. The maximum absolute atomic E-state index is 13.5. The van der Waals surface area contributed by atoms with Gasteiger partial charge in [0.05, 0.1) is 35.4 Å². The van der Waals surface area contributed by atoms with Crippen LogP contribution < -0.4 is 14.2 Å². The summed E-state index contributed by atoms with van der Waals surface area (Å²) in [5.41, 5.74) is 1.37. The van der Waals surface area contributed by atoms with Crippen LogP contribution in [0, 0.1) is 6.92 Å². The van der Waals surface area contributed by atoms with Crippen LogP contribution in [0.3, 0.4) is 0 Å². The first-order chi connectivity index (χ1) is 14.9. The third kappa shape index (κ3) is 4.68. The second-order valence-corrected chi connectivity index (χ2v) is 7.45. The number of halogens is 2. The predicted molar refractivity (Wildman–Crippen MR) is 120 cm³/mol. The van der Waals surface area contributed by atoms with Gasteiger partial charge in [0.1, 0.15) is 0 Å². The Labute approximate surface area is 190 Å². The summed E-state index contributed by atoms with van der Waals surface area (Å²) < 4.78 is 16.7. The van der Waals surface area contributed by atoms with Gasteiger partial charge in [-0.25, -0.2) is 0 Å². The Bertz CT molecular complexity index is 1110. The number of aryl methyl sites for hydroxylation is 1. The van der Waals surface area contributed by atoms with Gasteiger partial charge >= 0.3 is 0 Å². The van der Waals surface area contributed by atoms with E-state index < -0.39 is 5.78 Å². The molecule has 0 atom stereocenters. The fourth-order valence-electron chi connectivity index (χ4n) is 3.19. The van der Waals surface area contributed by atoms with Crippen LogP contribution in [-0.4, -0.2) is 32.4 Å². The average Bonchev–Trinajstić information content (AvgIpc) is 2.77. The van der Waals surface area contributed by atoms with E-state index in [-0.39, 0.29) is 45.1 Å². The second kappa shape index (κ2) is 9.86. The molecule has 0 aliphatic carbocycles. The molecule has 0 aliphatic rings. The van der Waals surface area contributed by atoms with Gasteiger partial charge in [0.25, 0.3) is 0 Å². The highest BCUT2D eigenvalue weighted by Crippen LogP contribution is 2.44. The zero-order valence-corrected chi connectivity index (χ0v) is 18.7. The monoisotopic (exact) mass is 458 g/mol. The highest BCUT2D eigenvalue weighted by Gasteiger charge is 2.28. The van der Waals surface area contributed by atoms with Gasteiger partial charge < -0.3 is 14.2 Å². The van der Waals surface area contributed by atoms with Crippen LogP contribution in [0.2, 0.25) is 10.0 Å². The highest BCUT2D eigenvalue weighted by molar-refractivity contribution is 6.41. The van der Waals surface area contributed by atoms with Crippen molar-refractivity contribution in [3.63, 3.8) is 0 Å². The van der Waals surface area contributed by atoms with Crippen molar-refractivity contribution < 1.29 is 23.8 Å². The van der Waals surface area contributed by atoms with Crippen LogP contribution in [0.5, 0.6) is 17.2 Å². The Morgan fingerprint density at radius 2 is 1.48 bits per heavy atom. The van der Waals surface area contributed by atoms with Crippen molar-refractivity contribution in [2.45, 2.75) is 6.92 Å². The third-order valence-electron chi connectivity index (χ3n) is 4.68. The average molecular weight is 459 g/mol. The van der Waals surface area contributed by atoms with E-state index in [2.05, 4.69) is 0 Å². The molecule has 0 aliphatic heterocycles. The van der Waals surface area contributed by atoms with Crippen LogP contribution in [0.15, 0.2) is 54.6 Å². The van der Waals surface area contributed by atoms with Gasteiger partial charge in [-0.1, -0.05) is 59.6 Å². The van der Waals surface area contributed by atoms with Crippen molar-refractivity contribution in [2.24, 2.45) is 0 Å². The molecular weight excluding hydrogens is 439 g/mol. The van der Waals surface area contributed by atoms with E-state index in [1.807, 2.05) is 6.07 Å². The normalized spacial score (nSPS) is 10.5. The second-order valence-electron chi connectivity index (χ2n) is 6.64. The summed E-state index contributed by atoms with van der Waals surface area (Å²) in [5.74, 6) is -0.0532. The molecule has 0 bridgehead atoms. The standard InChI is InChI=1S/C24H20Cl2O5/c1-14-12-19(29-2)23(30-3)24(31-13-18(27)15-8-5-4-6-9-15)20(14)22(28)21-16(25)10-7-11-17(21)26/h4-12H,13H2,1-3H3. The molecule has 0 heterocycles. The first-order valence-corrected chi connectivity index (χ1v) is 10.1. The molecule has 0 unspecified atom stereocenters. The van der Waals surface area contributed by atoms with Gasteiger partial charge in [0, 0.05) is 5.56 Å². The van der Waals surface area contributed by atoms with Crippen molar-refractivity contribution in [3.05, 3.63) is 86.9 Å². The molecule has 0 saturated heterocycles. The lowest BCUT2D eigenvalue weighted by molar-refractivity contribution is 0.0912. The van der Waals surface area contributed by atoms with Crippen molar-refractivity contribution in [3.8, 4) is 17.2 Å². The van der Waals surface area contributed by atoms with Crippen LogP contribution in [-0.2, 0) is 0 Å². The number of rotatable bonds is 8. The summed E-state index contributed by atoms with van der Waals surface area (Å²) in [5, 5.41) is 0.413. The van der Waals surface area contributed by atoms with E-state index in [0.717, 1.165) is 0 Å². The molecule has 0 amide bonds. The first kappa shape index (κ1) is 22.7. The SMILES string of the molecule is COc1cc(C)c(C(=O)c2c(Cl)cccc2Cl)c(OCC(=O)c2ccccc2)c1OC. The molecule has 0 aromatic heterocycles. The predicted octanol–water partition coefficient (Wildman–Crippen LogP) is 5.81. The summed E-state index contributed by atoms with van der Waals surface area (Å²) in [7, 11) is 2.90. The van der Waals surface area contributed by atoms with Crippen LogP contribution in [0.25, 0.3) is 0 Å². The third-order valence-corrected chi connectivity index (χ3v) is 5.31. The zero-order chi connectivity index (χ0) is 22.5. The van der Waals surface area contributed by atoms with E-state index >= 15 is 0 Å². The topological polar surface area (TPSA) is 61.8 Å². The van der Waals surface area contributed by atoms with Gasteiger partial charge in [0.2, 0.25) is 5.75 Å². The summed E-state index contributed by atoms with van der Waals surface area (Å²) in [6.07, 6.45) is 0. The Balaban J connectivity index is 2.10. The van der Waals surface area contributed by atoms with Crippen molar-refractivity contribution >= 4 is 34.8 Å². The Morgan fingerprint density at radius 3 is 2.06 bits per heavy atom. The summed E-state index contributed by atoms with van der Waals surface area (Å²) in [6.45, 7) is 1.43. The molecule has 0 fully saturated rings. The summed E-state index contributed by atoms with van der Waals surface area (Å²) in [6, 6.07) is 15.2. The molecule has 0 spiro atoms. The Kier molecular flexibility index (Phi) is 7.21. The number of ether oxygens (including phenoxy) is 3. The lowest BCUT2D eigenvalue weighted by Gasteiger charge is -2.19. The molecule has 5 nitrogen and oxygen atoms in total. The number of carbonyl (C=O) groups excluding carboxylic acids is 2. The van der Waals surface area contributed by atoms with Crippen LogP contribution >= 0.6 is 23.2 Å². The number of Topliss-reactive ketones (excluding diaryl/α,β-unsaturated/α-hetero) is 1. The van der Waals surface area contributed by atoms with Crippen molar-refractivity contribution in [1.82, 2.24) is 0 Å². The molecular formula is C24H20Cl2O5. The molecule has 31 heavy (non-hydrogen) atoms. The maximum atomic E-state index is 13.5. The molecule has 3 aromatic carbocycles. The number of benzene rings is 3. The van der Waals surface area contributed by atoms with E-state index in [4.69, 9.17) is 37.4 Å². The lowest BCUT2D eigenvalue weighted by Crippen LogP contribution is -2.16. The zero-order valence-electron chi connectivity index (χ0n) is 17.2. The number of ketones is 2. The minimum Gasteiger partial charge on any atom is -0.493 e. The van der Waals surface area contributed by atoms with E-state index in [0.29, 0.717) is 16.9 Å². The molecule has 0 saturated carbocycles. The highest BCUT2D eigenvalue weighted by atomic mass is 35.5. The minimum absolute atomic E-state index is 0.0876. The van der Waals surface area contributed by atoms with Gasteiger partial charge in [-0.3, -0.25) is 9.59 Å². The molecule has 0 N–H and O–H groups in total. The van der Waals surface area contributed by atoms with Crippen LogP contribution in [0.1, 0.15) is 31.8 Å².